The molecule has 12 rings (SSSR count). The van der Waals surface area contributed by atoms with E-state index in [0.29, 0.717) is 91.0 Å². The van der Waals surface area contributed by atoms with Gasteiger partial charge < -0.3 is 31.2 Å². The number of nitrogens with zero attached hydrogens (tertiary/aromatic N) is 14. The molecule has 0 amide bonds. The molecule has 0 aliphatic carbocycles. The molecule has 12 aromatic rings. The molecule has 12 aromatic carbocycles. The standard InChI is InChI=1S/C24H23F3N4.C20H16F3N5O3S.C19H14F3N5.C13H10F3N3.C7H9NO3S.2Na/c1-2-3-4-5-18-6-10-20(11-7-18)28-30-22-14-16-23(17-15-22)31-29-21-12-8-19(9-13-21)24(25,26)27;21-20(22,23)14-1-3-16(4-2-14)25-27-18-9-11-19(12-10-18)28-26-17-7-5-15(6-8-17)24-13-32(29,30)31;20-19(21,22)13-1-5-15(6-2-13)24-26-17-9-11-18(12-10-17)27-25-16-7-3-14(23)4-8-16;14-13(15,16)9-1-5-11(6-2-9)18-19-12-7-3-10(17)4-8-12;9-12(10,11)6-8-7-4-2-1-3-5-7;;/h6-17H,2-5H2,1H3;1-12,24H,13H2,(H,29,30,31);1-12H,23H2;1-8H,17H2;1-5,8H,6H2,(H,9,10,11);;/q;;;;;2*+1/p-2. The average Bonchev–Trinajstić information content (AvgIpc) is 0.856. The molecule has 0 aliphatic heterocycles. The van der Waals surface area contributed by atoms with Crippen molar-refractivity contribution in [3.63, 3.8) is 0 Å². The predicted octanol–water partition coefficient (Wildman–Crippen LogP) is 22.2. The van der Waals surface area contributed by atoms with Crippen molar-refractivity contribution in [3.05, 3.63) is 325 Å². The van der Waals surface area contributed by atoms with Gasteiger partial charge in [-0.3, -0.25) is 0 Å². The first kappa shape index (κ1) is 99.8. The number of hydrogen-bond donors (Lipinski definition) is 4. The van der Waals surface area contributed by atoms with Gasteiger partial charge in [-0.2, -0.15) is 124 Å². The third kappa shape index (κ3) is 38.7. The van der Waals surface area contributed by atoms with Gasteiger partial charge in [0.15, 0.2) is 0 Å². The molecule has 0 fully saturated rings. The molecule has 123 heavy (non-hydrogen) atoms. The van der Waals surface area contributed by atoms with Crippen LogP contribution in [0.5, 0.6) is 0 Å². The Morgan fingerprint density at radius 3 is 0.642 bits per heavy atom. The number of alkyl halides is 12. The van der Waals surface area contributed by atoms with E-state index in [2.05, 4.69) is 101 Å². The summed E-state index contributed by atoms with van der Waals surface area (Å²) in [5.74, 6) is -1.28. The van der Waals surface area contributed by atoms with Crippen LogP contribution in [0.3, 0.4) is 0 Å². The van der Waals surface area contributed by atoms with Crippen LogP contribution in [0.4, 0.5) is 155 Å². The van der Waals surface area contributed by atoms with Gasteiger partial charge in [-0.05, 0) is 285 Å². The number of nitrogen functional groups attached to an aromatic ring is 2. The molecule has 40 heteroatoms. The van der Waals surface area contributed by atoms with Crippen molar-refractivity contribution in [2.75, 3.05) is 33.9 Å². The SMILES string of the molecule is CCCCCc1ccc(N=Nc2ccc(N=Nc3ccc(C(F)(F)F)cc3)cc2)cc1.Nc1ccc(N=Nc2ccc(C(F)(F)F)cc2)cc1.Nc1ccc(N=Nc2ccc(N=Nc3ccc(C(F)(F)F)cc3)cc2)cc1.O=S(=O)([O-])CNc1ccc(N=Nc2ccc(N=Nc3ccc(C(F)(F)F)cc3)cc2)cc1.O=S(=O)([O-])CNc1ccccc1.[Na+].[Na+]. The van der Waals surface area contributed by atoms with Crippen LogP contribution in [0.25, 0.3) is 0 Å². The van der Waals surface area contributed by atoms with Crippen molar-refractivity contribution < 1.29 is 138 Å². The Labute approximate surface area is 742 Å². The van der Waals surface area contributed by atoms with Crippen molar-refractivity contribution in [3.8, 4) is 0 Å². The van der Waals surface area contributed by atoms with E-state index < -0.39 is 78.9 Å². The maximum absolute atomic E-state index is 12.6. The summed E-state index contributed by atoms with van der Waals surface area (Å²) in [6, 6.07) is 74.8. The van der Waals surface area contributed by atoms with Crippen LogP contribution < -0.4 is 81.2 Å². The topological polar surface area (TPSA) is 364 Å². The number of benzene rings is 12. The molecule has 0 unspecified atom stereocenters. The van der Waals surface area contributed by atoms with Crippen molar-refractivity contribution in [1.29, 1.82) is 0 Å². The normalized spacial score (nSPS) is 11.9. The summed E-state index contributed by atoms with van der Waals surface area (Å²) in [5.41, 5.74) is 19.1. The van der Waals surface area contributed by atoms with Crippen LogP contribution >= 0.6 is 0 Å². The number of nitrogens with two attached hydrogens (primary N) is 2. The minimum atomic E-state index is -4.40. The Morgan fingerprint density at radius 1 is 0.268 bits per heavy atom. The summed E-state index contributed by atoms with van der Waals surface area (Å²) < 4.78 is 212. The number of azo groups is 7. The maximum atomic E-state index is 12.6. The number of para-hydroxylation sites is 1. The van der Waals surface area contributed by atoms with Crippen molar-refractivity contribution in [2.45, 2.75) is 57.3 Å². The molecule has 626 valence electrons. The maximum Gasteiger partial charge on any atom is 1.00 e. The fraction of sp³-hybridized carbons (Fsp3) is 0.133. The zero-order chi connectivity index (χ0) is 87.5. The van der Waals surface area contributed by atoms with Crippen LogP contribution in [0.15, 0.2) is 369 Å². The van der Waals surface area contributed by atoms with Crippen LogP contribution in [-0.4, -0.2) is 37.7 Å². The van der Waals surface area contributed by atoms with Gasteiger partial charge in [-0.15, -0.1) is 0 Å². The van der Waals surface area contributed by atoms with Gasteiger partial charge in [0.2, 0.25) is 0 Å². The molecule has 0 saturated heterocycles. The number of halogens is 12. The fourth-order valence-corrected chi connectivity index (χ4v) is 10.1. The van der Waals surface area contributed by atoms with Crippen molar-refractivity contribution in [2.24, 2.45) is 71.6 Å². The first-order valence-corrected chi connectivity index (χ1v) is 38.8. The molecule has 0 spiro atoms. The average molecular weight is 1750 g/mol. The summed E-state index contributed by atoms with van der Waals surface area (Å²) in [6.07, 6.45) is -12.8. The molecule has 6 N–H and O–H groups in total. The van der Waals surface area contributed by atoms with Gasteiger partial charge >= 0.3 is 83.8 Å². The largest absolute Gasteiger partial charge is 1.00 e. The molecular weight excluding hydrogens is 1680 g/mol. The molecule has 0 saturated carbocycles. The molecular formula is C83H70F12N18Na2O6S2. The van der Waals surface area contributed by atoms with E-state index in [0.717, 1.165) is 60.6 Å². The third-order valence-corrected chi connectivity index (χ3v) is 16.6. The zero-order valence-electron chi connectivity index (χ0n) is 65.3. The van der Waals surface area contributed by atoms with E-state index in [1.807, 2.05) is 12.1 Å². The minimum absolute atomic E-state index is 0. The molecule has 0 heterocycles. The van der Waals surface area contributed by atoms with E-state index in [4.69, 9.17) is 11.5 Å². The van der Waals surface area contributed by atoms with Crippen LogP contribution in [-0.2, 0) is 51.4 Å². The van der Waals surface area contributed by atoms with E-state index in [9.17, 15) is 78.6 Å². The van der Waals surface area contributed by atoms with Gasteiger partial charge in [0, 0.05) is 22.7 Å². The van der Waals surface area contributed by atoms with Crippen LogP contribution in [0.1, 0.15) is 54.0 Å². The minimum Gasteiger partial charge on any atom is -0.747 e. The Kier molecular flexibility index (Phi) is 39.5. The number of aryl methyl sites for hydroxylation is 1. The second kappa shape index (κ2) is 48.6. The Bertz CT molecular complexity index is 5690. The Balaban J connectivity index is 0.000000244. The van der Waals surface area contributed by atoms with Crippen LogP contribution in [0, 0.1) is 0 Å². The molecule has 24 nitrogen and oxygen atoms in total. The number of hydrogen-bond acceptors (Lipinski definition) is 24. The fourth-order valence-electron chi connectivity index (χ4n) is 9.37. The van der Waals surface area contributed by atoms with Gasteiger partial charge in [0.1, 0.15) is 32.0 Å². The summed E-state index contributed by atoms with van der Waals surface area (Å²) >= 11 is 0. The summed E-state index contributed by atoms with van der Waals surface area (Å²) in [7, 11) is -8.55. The second-order valence-corrected chi connectivity index (χ2v) is 27.9. The molecule has 0 aromatic heterocycles. The van der Waals surface area contributed by atoms with Gasteiger partial charge in [0.25, 0.3) is 0 Å². The number of nitrogens with one attached hydrogen (secondary N) is 2. The second-order valence-electron chi connectivity index (χ2n) is 25.1. The molecule has 0 aliphatic rings. The predicted molar refractivity (Wildman–Crippen MR) is 435 cm³/mol. The summed E-state index contributed by atoms with van der Waals surface area (Å²) in [6.45, 7) is 2.19. The first-order valence-electron chi connectivity index (χ1n) is 35.7. The van der Waals surface area contributed by atoms with Gasteiger partial charge in [-0.25, -0.2) is 16.8 Å². The van der Waals surface area contributed by atoms with Crippen molar-refractivity contribution >= 4 is 123 Å². The van der Waals surface area contributed by atoms with Crippen molar-refractivity contribution in [1.82, 2.24) is 0 Å². The van der Waals surface area contributed by atoms with Crippen LogP contribution in [0.2, 0.25) is 0 Å². The number of rotatable bonds is 24. The van der Waals surface area contributed by atoms with E-state index in [-0.39, 0.29) is 64.8 Å². The van der Waals surface area contributed by atoms with E-state index in [1.54, 1.807) is 176 Å². The summed E-state index contributed by atoms with van der Waals surface area (Å²) in [5, 5.41) is 61.3. The zero-order valence-corrected chi connectivity index (χ0v) is 70.9. The first-order chi connectivity index (χ1) is 57.4. The van der Waals surface area contributed by atoms with Gasteiger partial charge in [-0.1, -0.05) is 50.1 Å². The van der Waals surface area contributed by atoms with E-state index in [1.165, 1.54) is 73.4 Å². The molecule has 0 radical (unpaired) electrons. The summed E-state index contributed by atoms with van der Waals surface area (Å²) in [4.78, 5) is 0. The molecule has 0 atom stereocenters. The number of anilines is 4. The van der Waals surface area contributed by atoms with Gasteiger partial charge in [0.05, 0.1) is 102 Å². The number of unbranched alkanes of at least 4 members (excludes halogenated alkanes) is 2. The quantitative estimate of drug-likeness (QED) is 0.0111. The Hall–Kier alpha value is -12.0. The molecule has 0 bridgehead atoms. The Morgan fingerprint density at radius 2 is 0.447 bits per heavy atom. The third-order valence-electron chi connectivity index (χ3n) is 15.6. The smallest absolute Gasteiger partial charge is 0.747 e. The van der Waals surface area contributed by atoms with E-state index >= 15 is 0 Å². The monoisotopic (exact) mass is 1750 g/mol.